The van der Waals surface area contributed by atoms with Crippen molar-refractivity contribution in [1.82, 2.24) is 10.6 Å². The summed E-state index contributed by atoms with van der Waals surface area (Å²) in [5, 5.41) is 6.57. The Bertz CT molecular complexity index is 1180. The van der Waals surface area contributed by atoms with E-state index >= 15 is 0 Å². The first kappa shape index (κ1) is 27.4. The van der Waals surface area contributed by atoms with E-state index < -0.39 is 17.9 Å². The molecule has 0 radical (unpaired) electrons. The maximum atomic E-state index is 13.2. The topological polar surface area (TPSA) is 93.7 Å². The van der Waals surface area contributed by atoms with Crippen LogP contribution in [0.25, 0.3) is 0 Å². The number of halogens is 1. The van der Waals surface area contributed by atoms with Crippen molar-refractivity contribution in [2.24, 2.45) is 0 Å². The number of allylic oxidation sites excluding steroid dienone is 1. The Morgan fingerprint density at radius 2 is 1.64 bits per heavy atom. The molecule has 1 aliphatic heterocycles. The summed E-state index contributed by atoms with van der Waals surface area (Å²) >= 11 is 7.69. The number of ether oxygens (including phenoxy) is 2. The summed E-state index contributed by atoms with van der Waals surface area (Å²) in [6, 6.07) is 16.0. The van der Waals surface area contributed by atoms with Crippen molar-refractivity contribution in [2.45, 2.75) is 26.7 Å². The summed E-state index contributed by atoms with van der Waals surface area (Å²) in [7, 11) is 0. The number of esters is 2. The highest BCUT2D eigenvalue weighted by atomic mass is 35.5. The molecule has 1 atom stereocenters. The lowest BCUT2D eigenvalue weighted by Crippen LogP contribution is -2.34. The molecule has 1 amide bonds. The molecule has 36 heavy (non-hydrogen) atoms. The highest BCUT2D eigenvalue weighted by molar-refractivity contribution is 7.99. The van der Waals surface area contributed by atoms with E-state index in [-0.39, 0.29) is 19.1 Å². The number of hydrogen-bond donors (Lipinski definition) is 2. The molecule has 0 aromatic heterocycles. The SMILES string of the molecule is CCOC(=O)C1=C(C)NC(CSCNC(=O)c2ccccc2)=C(C(=O)OCC)C1c1cccc(Cl)c1. The van der Waals surface area contributed by atoms with E-state index in [1.165, 1.54) is 11.8 Å². The lowest BCUT2D eigenvalue weighted by atomic mass is 9.80. The third-order valence-electron chi connectivity index (χ3n) is 5.43. The molecule has 9 heteroatoms. The van der Waals surface area contributed by atoms with Gasteiger partial charge in [-0.15, -0.1) is 11.8 Å². The molecule has 1 aliphatic rings. The molecule has 0 saturated heterocycles. The fourth-order valence-electron chi connectivity index (χ4n) is 3.92. The zero-order chi connectivity index (χ0) is 26.1. The molecule has 7 nitrogen and oxygen atoms in total. The number of nitrogens with one attached hydrogen (secondary N) is 2. The van der Waals surface area contributed by atoms with Crippen molar-refractivity contribution in [2.75, 3.05) is 24.8 Å². The summed E-state index contributed by atoms with van der Waals surface area (Å²) < 4.78 is 10.7. The van der Waals surface area contributed by atoms with Gasteiger partial charge in [0.1, 0.15) is 0 Å². The van der Waals surface area contributed by atoms with Gasteiger partial charge < -0.3 is 20.1 Å². The largest absolute Gasteiger partial charge is 0.463 e. The Morgan fingerprint density at radius 3 is 2.28 bits per heavy atom. The molecule has 1 heterocycles. The van der Waals surface area contributed by atoms with Crippen molar-refractivity contribution < 1.29 is 23.9 Å². The average molecular weight is 529 g/mol. The number of amides is 1. The second-order valence-corrected chi connectivity index (χ2v) is 9.27. The van der Waals surface area contributed by atoms with Crippen LogP contribution in [0.3, 0.4) is 0 Å². The standard InChI is InChI=1S/C27H29ClN2O5S/c1-4-34-26(32)22-17(3)30-21(15-36-16-29-25(31)18-10-7-6-8-11-18)24(27(33)35-5-2)23(22)19-12-9-13-20(28)14-19/h6-14,23,30H,4-5,15-16H2,1-3H3,(H,29,31). The Balaban J connectivity index is 1.92. The van der Waals surface area contributed by atoms with E-state index in [1.807, 2.05) is 12.1 Å². The van der Waals surface area contributed by atoms with Crippen LogP contribution in [0, 0.1) is 0 Å². The summed E-state index contributed by atoms with van der Waals surface area (Å²) in [5.41, 5.74) is 3.06. The average Bonchev–Trinajstić information content (AvgIpc) is 2.86. The molecule has 1 unspecified atom stereocenters. The van der Waals surface area contributed by atoms with Crippen molar-refractivity contribution in [1.29, 1.82) is 0 Å². The minimum atomic E-state index is -0.724. The summed E-state index contributed by atoms with van der Waals surface area (Å²) in [6.45, 7) is 5.60. The van der Waals surface area contributed by atoms with E-state index in [1.54, 1.807) is 63.2 Å². The van der Waals surface area contributed by atoms with Crippen molar-refractivity contribution >= 4 is 41.2 Å². The Kier molecular flexibility index (Phi) is 10.0. The highest BCUT2D eigenvalue weighted by Crippen LogP contribution is 2.40. The predicted molar refractivity (Wildman–Crippen MR) is 142 cm³/mol. The number of dihydropyridines is 1. The van der Waals surface area contributed by atoms with Gasteiger partial charge in [0.25, 0.3) is 5.91 Å². The monoisotopic (exact) mass is 528 g/mol. The normalized spacial score (nSPS) is 15.3. The minimum Gasteiger partial charge on any atom is -0.463 e. The molecule has 0 fully saturated rings. The molecule has 0 aliphatic carbocycles. The number of benzene rings is 2. The maximum absolute atomic E-state index is 13.2. The second-order valence-electron chi connectivity index (χ2n) is 7.85. The molecule has 0 saturated carbocycles. The van der Waals surface area contributed by atoms with Crippen molar-refractivity contribution in [3.63, 3.8) is 0 Å². The van der Waals surface area contributed by atoms with E-state index in [0.717, 1.165) is 0 Å². The van der Waals surface area contributed by atoms with Crippen LogP contribution in [-0.2, 0) is 19.1 Å². The van der Waals surface area contributed by atoms with Gasteiger partial charge in [0.05, 0.1) is 36.2 Å². The molecule has 3 rings (SSSR count). The maximum Gasteiger partial charge on any atom is 0.336 e. The molecule has 0 bridgehead atoms. The first-order valence-corrected chi connectivity index (χ1v) is 13.1. The van der Waals surface area contributed by atoms with E-state index in [2.05, 4.69) is 10.6 Å². The predicted octanol–water partition coefficient (Wildman–Crippen LogP) is 4.80. The number of carbonyl (C=O) groups is 3. The van der Waals surface area contributed by atoms with Crippen LogP contribution in [0.15, 0.2) is 77.1 Å². The molecule has 0 spiro atoms. The number of hydrogen-bond acceptors (Lipinski definition) is 7. The number of carbonyl (C=O) groups excluding carboxylic acids is 3. The lowest BCUT2D eigenvalue weighted by Gasteiger charge is -2.31. The molecule has 2 aromatic rings. The van der Waals surface area contributed by atoms with Gasteiger partial charge in [0, 0.05) is 27.7 Å². The fourth-order valence-corrected chi connectivity index (χ4v) is 4.89. The van der Waals surface area contributed by atoms with Crippen LogP contribution in [0.5, 0.6) is 0 Å². The van der Waals surface area contributed by atoms with E-state index in [4.69, 9.17) is 21.1 Å². The third-order valence-corrected chi connectivity index (χ3v) is 6.51. The smallest absolute Gasteiger partial charge is 0.336 e. The summed E-state index contributed by atoms with van der Waals surface area (Å²) in [4.78, 5) is 38.6. The van der Waals surface area contributed by atoms with Gasteiger partial charge in [0.2, 0.25) is 0 Å². The number of rotatable bonds is 10. The molecular weight excluding hydrogens is 500 g/mol. The van der Waals surface area contributed by atoms with E-state index in [9.17, 15) is 14.4 Å². The van der Waals surface area contributed by atoms with Crippen LogP contribution >= 0.6 is 23.4 Å². The first-order chi connectivity index (χ1) is 17.4. The Labute approximate surface area is 220 Å². The van der Waals surface area contributed by atoms with Gasteiger partial charge in [-0.3, -0.25) is 4.79 Å². The van der Waals surface area contributed by atoms with Crippen LogP contribution in [0.2, 0.25) is 5.02 Å². The number of thioether (sulfide) groups is 1. The Hall–Kier alpha value is -3.23. The van der Waals surface area contributed by atoms with E-state index in [0.29, 0.717) is 50.3 Å². The van der Waals surface area contributed by atoms with Gasteiger partial charge in [-0.1, -0.05) is 41.9 Å². The van der Waals surface area contributed by atoms with Gasteiger partial charge >= 0.3 is 11.9 Å². The Morgan fingerprint density at radius 1 is 0.972 bits per heavy atom. The van der Waals surface area contributed by atoms with Crippen molar-refractivity contribution in [3.05, 3.63) is 93.3 Å². The van der Waals surface area contributed by atoms with Crippen molar-refractivity contribution in [3.8, 4) is 0 Å². The zero-order valence-electron chi connectivity index (χ0n) is 20.4. The lowest BCUT2D eigenvalue weighted by molar-refractivity contribution is -0.139. The third kappa shape index (κ3) is 6.71. The second kappa shape index (κ2) is 13.2. The van der Waals surface area contributed by atoms with Gasteiger partial charge in [0.15, 0.2) is 0 Å². The quantitative estimate of drug-likeness (QED) is 0.260. The molecule has 190 valence electrons. The van der Waals surface area contributed by atoms with Gasteiger partial charge in [-0.05, 0) is 50.6 Å². The zero-order valence-corrected chi connectivity index (χ0v) is 22.0. The highest BCUT2D eigenvalue weighted by Gasteiger charge is 2.38. The van der Waals surface area contributed by atoms with Crippen LogP contribution in [-0.4, -0.2) is 42.7 Å². The molecular formula is C27H29ClN2O5S. The van der Waals surface area contributed by atoms with Crippen LogP contribution in [0.4, 0.5) is 0 Å². The minimum absolute atomic E-state index is 0.176. The first-order valence-electron chi connectivity index (χ1n) is 11.6. The van der Waals surface area contributed by atoms with Crippen LogP contribution in [0.1, 0.15) is 42.6 Å². The molecule has 2 aromatic carbocycles. The molecule has 2 N–H and O–H groups in total. The van der Waals surface area contributed by atoms with Crippen LogP contribution < -0.4 is 10.6 Å². The van der Waals surface area contributed by atoms with Gasteiger partial charge in [-0.2, -0.15) is 0 Å². The summed E-state index contributed by atoms with van der Waals surface area (Å²) in [6.07, 6.45) is 0. The fraction of sp³-hybridized carbons (Fsp3) is 0.296. The summed E-state index contributed by atoms with van der Waals surface area (Å²) in [5.74, 6) is -1.27. The van der Waals surface area contributed by atoms with Gasteiger partial charge in [-0.25, -0.2) is 9.59 Å².